The lowest BCUT2D eigenvalue weighted by Gasteiger charge is -2.30. The third-order valence-corrected chi connectivity index (χ3v) is 5.09. The fraction of sp³-hybridized carbons (Fsp3) is 0.583. The third kappa shape index (κ3) is 2.87. The third-order valence-electron chi connectivity index (χ3n) is 3.35. The first-order valence-corrected chi connectivity index (χ1v) is 7.78. The molecular weight excluding hydrogens is 284 g/mol. The second-order valence-electron chi connectivity index (χ2n) is 4.60. The molecule has 1 aliphatic heterocycles. The first-order chi connectivity index (χ1) is 9.48. The van der Waals surface area contributed by atoms with Gasteiger partial charge in [0.15, 0.2) is 0 Å². The van der Waals surface area contributed by atoms with E-state index in [1.807, 2.05) is 7.05 Å². The number of methoxy groups -OCH3 is 1. The summed E-state index contributed by atoms with van der Waals surface area (Å²) < 4.78 is 35.8. The van der Waals surface area contributed by atoms with E-state index in [4.69, 9.17) is 4.42 Å². The minimum Gasteiger partial charge on any atom is -0.463 e. The second-order valence-corrected chi connectivity index (χ2v) is 6.47. The Labute approximate surface area is 117 Å². The van der Waals surface area contributed by atoms with Crippen LogP contribution in [0.2, 0.25) is 0 Å². The van der Waals surface area contributed by atoms with Crippen molar-refractivity contribution in [1.29, 1.82) is 0 Å². The first-order valence-electron chi connectivity index (χ1n) is 6.34. The Morgan fingerprint density at radius 1 is 1.50 bits per heavy atom. The fourth-order valence-electron chi connectivity index (χ4n) is 2.19. The number of carbonyl (C=O) groups is 1. The minimum atomic E-state index is -3.71. The summed E-state index contributed by atoms with van der Waals surface area (Å²) in [5.41, 5.74) is 0. The summed E-state index contributed by atoms with van der Waals surface area (Å²) in [7, 11) is -0.689. The topological polar surface area (TPSA) is 88.9 Å². The van der Waals surface area contributed by atoms with Crippen LogP contribution < -0.4 is 5.32 Å². The van der Waals surface area contributed by atoms with Crippen LogP contribution in [0.3, 0.4) is 0 Å². The maximum Gasteiger partial charge on any atom is 0.374 e. The van der Waals surface area contributed by atoms with Crippen LogP contribution in [0, 0.1) is 0 Å². The van der Waals surface area contributed by atoms with E-state index in [2.05, 4.69) is 10.1 Å². The Kier molecular flexibility index (Phi) is 4.46. The Hall–Kier alpha value is -1.38. The van der Waals surface area contributed by atoms with Gasteiger partial charge in [-0.2, -0.15) is 4.31 Å². The second kappa shape index (κ2) is 5.94. The molecular formula is C12H18N2O5S. The summed E-state index contributed by atoms with van der Waals surface area (Å²) in [6, 6.07) is 2.72. The van der Waals surface area contributed by atoms with Gasteiger partial charge in [-0.05, 0) is 32.0 Å². The molecule has 0 aliphatic carbocycles. The number of esters is 1. The Morgan fingerprint density at radius 3 is 2.90 bits per heavy atom. The van der Waals surface area contributed by atoms with Crippen molar-refractivity contribution in [3.8, 4) is 0 Å². The molecule has 7 nitrogen and oxygen atoms in total. The van der Waals surface area contributed by atoms with E-state index in [0.29, 0.717) is 13.1 Å². The normalized spacial score (nSPS) is 20.8. The molecule has 0 spiro atoms. The van der Waals surface area contributed by atoms with Crippen molar-refractivity contribution >= 4 is 16.0 Å². The molecule has 0 bridgehead atoms. The summed E-state index contributed by atoms with van der Waals surface area (Å²) in [6.45, 7) is 0.849. The number of ether oxygens (including phenoxy) is 1. The largest absolute Gasteiger partial charge is 0.463 e. The van der Waals surface area contributed by atoms with Gasteiger partial charge in [-0.15, -0.1) is 0 Å². The standard InChI is InChI=1S/C12H18N2O5S/c1-13-9-4-3-7-14(8-9)20(16,17)11-6-5-10(19-11)12(15)18-2/h5-6,9,13H,3-4,7-8H2,1-2H3. The van der Waals surface area contributed by atoms with Gasteiger partial charge in [-0.25, -0.2) is 13.2 Å². The van der Waals surface area contributed by atoms with Gasteiger partial charge < -0.3 is 14.5 Å². The molecule has 2 heterocycles. The number of likely N-dealkylation sites (N-methyl/N-ethyl adjacent to an activating group) is 1. The van der Waals surface area contributed by atoms with Crippen molar-refractivity contribution in [2.75, 3.05) is 27.2 Å². The number of nitrogens with one attached hydrogen (secondary N) is 1. The van der Waals surface area contributed by atoms with Gasteiger partial charge >= 0.3 is 5.97 Å². The Bertz CT molecular complexity index is 580. The summed E-state index contributed by atoms with van der Waals surface area (Å²) >= 11 is 0. The quantitative estimate of drug-likeness (QED) is 0.812. The molecule has 20 heavy (non-hydrogen) atoms. The zero-order chi connectivity index (χ0) is 14.8. The lowest BCUT2D eigenvalue weighted by molar-refractivity contribution is 0.0558. The number of hydrogen-bond donors (Lipinski definition) is 1. The van der Waals surface area contributed by atoms with Gasteiger partial charge in [0, 0.05) is 19.1 Å². The highest BCUT2D eigenvalue weighted by atomic mass is 32.2. The summed E-state index contributed by atoms with van der Waals surface area (Å²) in [6.07, 6.45) is 1.73. The lowest BCUT2D eigenvalue weighted by atomic mass is 10.1. The number of carbonyl (C=O) groups excluding carboxylic acids is 1. The number of sulfonamides is 1. The smallest absolute Gasteiger partial charge is 0.374 e. The predicted octanol–water partition coefficient (Wildman–Crippen LogP) is 0.439. The van der Waals surface area contributed by atoms with Gasteiger partial charge in [0.25, 0.3) is 10.0 Å². The first kappa shape index (κ1) is 15.0. The maximum absolute atomic E-state index is 12.4. The summed E-state index contributed by atoms with van der Waals surface area (Å²) in [5.74, 6) is -0.813. The molecule has 2 rings (SSSR count). The number of furan rings is 1. The van der Waals surface area contributed by atoms with Crippen LogP contribution >= 0.6 is 0 Å². The number of hydrogen-bond acceptors (Lipinski definition) is 6. The summed E-state index contributed by atoms with van der Waals surface area (Å²) in [5, 5.41) is 2.85. The molecule has 0 radical (unpaired) electrons. The van der Waals surface area contributed by atoms with Crippen LogP contribution in [-0.4, -0.2) is 52.0 Å². The van der Waals surface area contributed by atoms with E-state index in [-0.39, 0.29) is 16.9 Å². The molecule has 1 aromatic rings. The molecule has 0 saturated carbocycles. The minimum absolute atomic E-state index is 0.117. The van der Waals surface area contributed by atoms with Crippen LogP contribution in [-0.2, 0) is 14.8 Å². The molecule has 0 aromatic carbocycles. The molecule has 1 fully saturated rings. The van der Waals surface area contributed by atoms with E-state index < -0.39 is 16.0 Å². The van der Waals surface area contributed by atoms with E-state index in [1.54, 1.807) is 0 Å². The van der Waals surface area contributed by atoms with Crippen molar-refractivity contribution in [3.63, 3.8) is 0 Å². The van der Waals surface area contributed by atoms with Crippen molar-refractivity contribution in [2.24, 2.45) is 0 Å². The van der Waals surface area contributed by atoms with Crippen molar-refractivity contribution < 1.29 is 22.4 Å². The molecule has 112 valence electrons. The highest BCUT2D eigenvalue weighted by molar-refractivity contribution is 7.89. The van der Waals surface area contributed by atoms with Crippen molar-refractivity contribution in [1.82, 2.24) is 9.62 Å². The maximum atomic E-state index is 12.4. The molecule has 1 saturated heterocycles. The van der Waals surface area contributed by atoms with Crippen LogP contribution in [0.5, 0.6) is 0 Å². The highest BCUT2D eigenvalue weighted by Crippen LogP contribution is 2.22. The number of piperidine rings is 1. The van der Waals surface area contributed by atoms with E-state index in [9.17, 15) is 13.2 Å². The molecule has 1 aliphatic rings. The zero-order valence-electron chi connectivity index (χ0n) is 11.5. The zero-order valence-corrected chi connectivity index (χ0v) is 12.3. The van der Waals surface area contributed by atoms with Crippen LogP contribution in [0.1, 0.15) is 23.4 Å². The summed E-state index contributed by atoms with van der Waals surface area (Å²) in [4.78, 5) is 11.3. The van der Waals surface area contributed by atoms with Crippen molar-refractivity contribution in [3.05, 3.63) is 17.9 Å². The highest BCUT2D eigenvalue weighted by Gasteiger charge is 2.32. The van der Waals surface area contributed by atoms with Crippen molar-refractivity contribution in [2.45, 2.75) is 24.0 Å². The van der Waals surface area contributed by atoms with E-state index in [1.165, 1.54) is 23.5 Å². The Balaban J connectivity index is 2.21. The lowest BCUT2D eigenvalue weighted by Crippen LogP contribution is -2.46. The number of rotatable bonds is 4. The van der Waals surface area contributed by atoms with E-state index in [0.717, 1.165) is 12.8 Å². The van der Waals surface area contributed by atoms with Gasteiger partial charge in [0.2, 0.25) is 10.9 Å². The number of nitrogens with zero attached hydrogens (tertiary/aromatic N) is 1. The average molecular weight is 302 g/mol. The van der Waals surface area contributed by atoms with Crippen LogP contribution in [0.4, 0.5) is 0 Å². The molecule has 1 atom stereocenters. The molecule has 0 amide bonds. The predicted molar refractivity (Wildman–Crippen MR) is 70.9 cm³/mol. The van der Waals surface area contributed by atoms with E-state index >= 15 is 0 Å². The molecule has 1 unspecified atom stereocenters. The van der Waals surface area contributed by atoms with Gasteiger partial charge in [-0.1, -0.05) is 0 Å². The van der Waals surface area contributed by atoms with Gasteiger partial charge in [0.1, 0.15) is 0 Å². The fourth-order valence-corrected chi connectivity index (χ4v) is 3.63. The van der Waals surface area contributed by atoms with Gasteiger partial charge in [0.05, 0.1) is 7.11 Å². The average Bonchev–Trinajstić information content (AvgIpc) is 2.97. The van der Waals surface area contributed by atoms with Crippen LogP contribution in [0.15, 0.2) is 21.6 Å². The Morgan fingerprint density at radius 2 is 2.25 bits per heavy atom. The van der Waals surface area contributed by atoms with Crippen LogP contribution in [0.25, 0.3) is 0 Å². The van der Waals surface area contributed by atoms with Gasteiger partial charge in [-0.3, -0.25) is 0 Å². The molecule has 1 aromatic heterocycles. The molecule has 8 heteroatoms. The monoisotopic (exact) mass is 302 g/mol. The molecule has 1 N–H and O–H groups in total. The SMILES string of the molecule is CNC1CCCN(S(=O)(=O)c2ccc(C(=O)OC)o2)C1.